The minimum atomic E-state index is 0.591. The van der Waals surface area contributed by atoms with Gasteiger partial charge in [-0.2, -0.15) is 0 Å². The summed E-state index contributed by atoms with van der Waals surface area (Å²) < 4.78 is 0. The molecule has 100 valence electrons. The lowest BCUT2D eigenvalue weighted by molar-refractivity contribution is 0.0296. The smallest absolute Gasteiger partial charge is 0.0218 e. The molecule has 4 unspecified atom stereocenters. The number of nitrogens with one attached hydrogen (secondary N) is 2. The van der Waals surface area contributed by atoms with Crippen molar-refractivity contribution in [3.63, 3.8) is 0 Å². The molecule has 2 saturated heterocycles. The van der Waals surface area contributed by atoms with Crippen LogP contribution in [0.4, 0.5) is 0 Å². The van der Waals surface area contributed by atoms with E-state index in [1.165, 1.54) is 45.1 Å². The van der Waals surface area contributed by atoms with Crippen LogP contribution in [0.3, 0.4) is 0 Å². The Morgan fingerprint density at radius 3 is 2.47 bits per heavy atom. The molecule has 2 fully saturated rings. The summed E-state index contributed by atoms with van der Waals surface area (Å²) in [6.45, 7) is 8.24. The zero-order valence-corrected chi connectivity index (χ0v) is 11.7. The molecule has 0 spiro atoms. The van der Waals surface area contributed by atoms with Gasteiger partial charge in [0.25, 0.3) is 0 Å². The summed E-state index contributed by atoms with van der Waals surface area (Å²) >= 11 is 0. The first-order valence-corrected chi connectivity index (χ1v) is 7.44. The molecule has 0 radical (unpaired) electrons. The van der Waals surface area contributed by atoms with E-state index < -0.39 is 0 Å². The zero-order chi connectivity index (χ0) is 12.3. The second kappa shape index (κ2) is 6.17. The molecule has 17 heavy (non-hydrogen) atoms. The van der Waals surface area contributed by atoms with E-state index in [0.717, 1.165) is 6.04 Å². The first-order chi connectivity index (χ1) is 8.16. The molecule has 2 aliphatic rings. The lowest BCUT2D eigenvalue weighted by Gasteiger charge is -2.41. The van der Waals surface area contributed by atoms with Crippen molar-refractivity contribution in [3.05, 3.63) is 0 Å². The average molecular weight is 239 g/mol. The first kappa shape index (κ1) is 13.3. The molecule has 0 aromatic carbocycles. The minimum Gasteiger partial charge on any atom is -0.314 e. The van der Waals surface area contributed by atoms with Crippen molar-refractivity contribution in [2.24, 2.45) is 0 Å². The summed E-state index contributed by atoms with van der Waals surface area (Å²) in [6, 6.07) is 2.72. The highest BCUT2D eigenvalue weighted by molar-refractivity contribution is 4.81. The summed E-state index contributed by atoms with van der Waals surface area (Å²) in [4.78, 5) is 0. The Bertz CT molecular complexity index is 216. The molecule has 2 heterocycles. The van der Waals surface area contributed by atoms with Crippen molar-refractivity contribution in [1.82, 2.24) is 15.8 Å². The molecule has 0 aliphatic carbocycles. The fraction of sp³-hybridized carbons (Fsp3) is 1.00. The molecule has 0 aromatic heterocycles. The molecule has 0 amide bonds. The van der Waals surface area contributed by atoms with Gasteiger partial charge in [-0.05, 0) is 59.4 Å². The van der Waals surface area contributed by atoms with Gasteiger partial charge in [0.15, 0.2) is 0 Å². The maximum atomic E-state index is 3.74. The normalized spacial score (nSPS) is 37.2. The quantitative estimate of drug-likeness (QED) is 0.788. The highest BCUT2D eigenvalue weighted by Gasteiger charge is 2.26. The molecule has 0 saturated carbocycles. The van der Waals surface area contributed by atoms with Gasteiger partial charge in [0.1, 0.15) is 0 Å². The van der Waals surface area contributed by atoms with Crippen molar-refractivity contribution in [3.8, 4) is 0 Å². The molecule has 4 atom stereocenters. The third-order valence-electron chi connectivity index (χ3n) is 4.36. The van der Waals surface area contributed by atoms with Crippen LogP contribution in [0.2, 0.25) is 0 Å². The Morgan fingerprint density at radius 2 is 1.88 bits per heavy atom. The Kier molecular flexibility index (Phi) is 4.83. The van der Waals surface area contributed by atoms with Crippen LogP contribution in [0.1, 0.15) is 59.3 Å². The molecule has 0 aromatic rings. The SMILES string of the molecule is CC(CC1CCCN1)NN1C(C)CCCC1C. The number of nitrogens with zero attached hydrogens (tertiary/aromatic N) is 1. The minimum absolute atomic E-state index is 0.591. The molecular formula is C14H29N3. The Hall–Kier alpha value is -0.120. The van der Waals surface area contributed by atoms with Crippen LogP contribution in [-0.2, 0) is 0 Å². The fourth-order valence-corrected chi connectivity index (χ4v) is 3.37. The van der Waals surface area contributed by atoms with E-state index in [1.807, 2.05) is 0 Å². The van der Waals surface area contributed by atoms with Crippen LogP contribution in [0.5, 0.6) is 0 Å². The standard InChI is InChI=1S/C14H29N3/c1-11(10-14-8-5-9-15-14)16-17-12(2)6-4-7-13(17)3/h11-16H,4-10H2,1-3H3. The maximum Gasteiger partial charge on any atom is 0.0218 e. The van der Waals surface area contributed by atoms with E-state index >= 15 is 0 Å². The molecule has 3 heteroatoms. The molecule has 2 N–H and O–H groups in total. The lowest BCUT2D eigenvalue weighted by atomic mass is 9.99. The molecule has 0 bridgehead atoms. The van der Waals surface area contributed by atoms with Crippen molar-refractivity contribution in [2.45, 2.75) is 83.5 Å². The summed E-state index contributed by atoms with van der Waals surface area (Å²) in [6.07, 6.45) is 8.04. The Labute approximate surface area is 106 Å². The summed E-state index contributed by atoms with van der Waals surface area (Å²) in [5.74, 6) is 0. The number of piperidine rings is 1. The van der Waals surface area contributed by atoms with E-state index in [4.69, 9.17) is 0 Å². The van der Waals surface area contributed by atoms with Crippen LogP contribution in [0.15, 0.2) is 0 Å². The third kappa shape index (κ3) is 3.67. The van der Waals surface area contributed by atoms with Crippen molar-refractivity contribution in [2.75, 3.05) is 6.54 Å². The second-order valence-electron chi connectivity index (χ2n) is 6.10. The van der Waals surface area contributed by atoms with E-state index in [1.54, 1.807) is 0 Å². The van der Waals surface area contributed by atoms with E-state index in [0.29, 0.717) is 18.1 Å². The molecular weight excluding hydrogens is 210 g/mol. The van der Waals surface area contributed by atoms with Crippen molar-refractivity contribution >= 4 is 0 Å². The summed E-state index contributed by atoms with van der Waals surface area (Å²) in [7, 11) is 0. The molecule has 2 aliphatic heterocycles. The van der Waals surface area contributed by atoms with Gasteiger partial charge in [0.05, 0.1) is 0 Å². The monoisotopic (exact) mass is 239 g/mol. The number of hydrogen-bond donors (Lipinski definition) is 2. The summed E-state index contributed by atoms with van der Waals surface area (Å²) in [5.41, 5.74) is 3.74. The first-order valence-electron chi connectivity index (χ1n) is 7.44. The van der Waals surface area contributed by atoms with Crippen LogP contribution >= 0.6 is 0 Å². The zero-order valence-electron chi connectivity index (χ0n) is 11.7. The van der Waals surface area contributed by atoms with Crippen LogP contribution in [0.25, 0.3) is 0 Å². The Balaban J connectivity index is 1.77. The van der Waals surface area contributed by atoms with Gasteiger partial charge >= 0.3 is 0 Å². The average Bonchev–Trinajstić information content (AvgIpc) is 2.76. The molecule has 2 rings (SSSR count). The highest BCUT2D eigenvalue weighted by Crippen LogP contribution is 2.21. The predicted molar refractivity (Wildman–Crippen MR) is 72.9 cm³/mol. The predicted octanol–water partition coefficient (Wildman–Crippen LogP) is 2.28. The van der Waals surface area contributed by atoms with Crippen LogP contribution in [0, 0.1) is 0 Å². The van der Waals surface area contributed by atoms with Gasteiger partial charge in [-0.15, -0.1) is 0 Å². The molecule has 3 nitrogen and oxygen atoms in total. The fourth-order valence-electron chi connectivity index (χ4n) is 3.37. The lowest BCUT2D eigenvalue weighted by Crippen LogP contribution is -2.55. The van der Waals surface area contributed by atoms with E-state index in [2.05, 4.69) is 36.5 Å². The largest absolute Gasteiger partial charge is 0.314 e. The van der Waals surface area contributed by atoms with Gasteiger partial charge < -0.3 is 5.32 Å². The van der Waals surface area contributed by atoms with Crippen molar-refractivity contribution in [1.29, 1.82) is 0 Å². The van der Waals surface area contributed by atoms with E-state index in [-0.39, 0.29) is 0 Å². The van der Waals surface area contributed by atoms with Gasteiger partial charge in [0, 0.05) is 24.2 Å². The third-order valence-corrected chi connectivity index (χ3v) is 4.36. The van der Waals surface area contributed by atoms with Crippen LogP contribution in [-0.4, -0.2) is 35.7 Å². The summed E-state index contributed by atoms with van der Waals surface area (Å²) in [5, 5.41) is 6.09. The van der Waals surface area contributed by atoms with Crippen LogP contribution < -0.4 is 10.7 Å². The Morgan fingerprint density at radius 1 is 1.18 bits per heavy atom. The van der Waals surface area contributed by atoms with E-state index in [9.17, 15) is 0 Å². The van der Waals surface area contributed by atoms with Gasteiger partial charge in [-0.1, -0.05) is 6.42 Å². The second-order valence-corrected chi connectivity index (χ2v) is 6.10. The highest BCUT2D eigenvalue weighted by atomic mass is 15.5. The van der Waals surface area contributed by atoms with Crippen molar-refractivity contribution < 1.29 is 0 Å². The van der Waals surface area contributed by atoms with Gasteiger partial charge in [-0.3, -0.25) is 5.43 Å². The topological polar surface area (TPSA) is 27.3 Å². The number of hydrogen-bond acceptors (Lipinski definition) is 3. The van der Waals surface area contributed by atoms with Gasteiger partial charge in [0.2, 0.25) is 0 Å². The van der Waals surface area contributed by atoms with Gasteiger partial charge in [-0.25, -0.2) is 5.01 Å². The number of rotatable bonds is 4. The maximum absolute atomic E-state index is 3.74. The number of hydrazine groups is 1.